The maximum Gasteiger partial charge on any atom is 0.175 e. The fourth-order valence-electron chi connectivity index (χ4n) is 0.992. The van der Waals surface area contributed by atoms with Crippen LogP contribution < -0.4 is 0 Å². The van der Waals surface area contributed by atoms with Gasteiger partial charge in [-0.05, 0) is 12.7 Å². The molecule has 1 aromatic rings. The van der Waals surface area contributed by atoms with Gasteiger partial charge in [0.05, 0.1) is 4.90 Å². The fourth-order valence-corrected chi connectivity index (χ4v) is 1.71. The molecule has 0 nitrogen and oxygen atoms in total. The Hall–Kier alpha value is -0.710. The van der Waals surface area contributed by atoms with E-state index in [-0.39, 0.29) is 0 Å². The molecule has 16 heavy (non-hydrogen) atoms. The lowest BCUT2D eigenvalue weighted by Crippen LogP contribution is -2.02. The molecule has 1 rings (SSSR count). The highest BCUT2D eigenvalue weighted by atomic mass is 32.2. The molecule has 0 atom stereocenters. The highest BCUT2D eigenvalue weighted by Gasteiger charge is 2.22. The van der Waals surface area contributed by atoms with Crippen LogP contribution in [0.3, 0.4) is 0 Å². The van der Waals surface area contributed by atoms with Gasteiger partial charge in [-0.3, -0.25) is 0 Å². The number of halogens is 4. The zero-order valence-corrected chi connectivity index (χ0v) is 10.4. The summed E-state index contributed by atoms with van der Waals surface area (Å²) in [4.78, 5) is -0.590. The van der Waals surface area contributed by atoms with Crippen molar-refractivity contribution in [3.63, 3.8) is 0 Å². The van der Waals surface area contributed by atoms with Crippen molar-refractivity contribution < 1.29 is 17.6 Å². The number of hydrogen-bond acceptors (Lipinski definition) is 1. The lowest BCUT2D eigenvalue weighted by molar-refractivity contribution is 0.418. The third-order valence-corrected chi connectivity index (χ3v) is 2.67. The number of rotatable bonds is 2. The van der Waals surface area contributed by atoms with Gasteiger partial charge in [0.2, 0.25) is 0 Å². The van der Waals surface area contributed by atoms with Crippen LogP contribution >= 0.6 is 11.8 Å². The molecule has 5 heteroatoms. The lowest BCUT2D eigenvalue weighted by atomic mass is 10.2. The first kappa shape index (κ1) is 15.3. The minimum atomic E-state index is -1.32. The normalized spacial score (nSPS) is 9.75. The zero-order chi connectivity index (χ0) is 12.9. The van der Waals surface area contributed by atoms with Crippen molar-refractivity contribution in [3.8, 4) is 0 Å². The zero-order valence-electron chi connectivity index (χ0n) is 9.63. The van der Waals surface area contributed by atoms with Crippen LogP contribution in [0.1, 0.15) is 26.3 Å². The average Bonchev–Trinajstić information content (AvgIpc) is 2.32. The van der Waals surface area contributed by atoms with Gasteiger partial charge in [-0.15, -0.1) is 11.8 Å². The minimum absolute atomic E-state index is 0.343. The molecule has 0 heterocycles. The molecular weight excluding hydrogens is 240 g/mol. The third kappa shape index (κ3) is 2.90. The van der Waals surface area contributed by atoms with Gasteiger partial charge < -0.3 is 0 Å². The van der Waals surface area contributed by atoms with Gasteiger partial charge in [0.25, 0.3) is 0 Å². The molecule has 92 valence electrons. The first-order chi connectivity index (χ1) is 7.50. The van der Waals surface area contributed by atoms with Crippen LogP contribution in [0.4, 0.5) is 17.6 Å². The van der Waals surface area contributed by atoms with E-state index in [2.05, 4.69) is 0 Å². The predicted octanol–water partition coefficient (Wildman–Crippen LogP) is 4.69. The summed E-state index contributed by atoms with van der Waals surface area (Å²) in [6, 6.07) is 0. The van der Waals surface area contributed by atoms with E-state index in [9.17, 15) is 17.6 Å². The third-order valence-electron chi connectivity index (χ3n) is 1.73. The van der Waals surface area contributed by atoms with Crippen molar-refractivity contribution >= 4 is 11.8 Å². The summed E-state index contributed by atoms with van der Waals surface area (Å²) >= 11 is 0.736. The predicted molar refractivity (Wildman–Crippen MR) is 58.8 cm³/mol. The van der Waals surface area contributed by atoms with E-state index < -0.39 is 33.7 Å². The molecule has 0 bridgehead atoms. The molecule has 0 spiro atoms. The summed E-state index contributed by atoms with van der Waals surface area (Å²) < 4.78 is 52.1. The van der Waals surface area contributed by atoms with E-state index in [1.54, 1.807) is 6.92 Å². The Labute approximate surface area is 97.0 Å². The van der Waals surface area contributed by atoms with Crippen LogP contribution in [0, 0.1) is 30.2 Å². The quantitative estimate of drug-likeness (QED) is 0.419. The second kappa shape index (κ2) is 6.78. The SMILES string of the molecule is CC.CCSc1c(F)c(F)c(C)c(F)c1F. The molecule has 0 radical (unpaired) electrons. The van der Waals surface area contributed by atoms with E-state index in [1.165, 1.54) is 0 Å². The van der Waals surface area contributed by atoms with Gasteiger partial charge in [0.1, 0.15) is 0 Å². The summed E-state index contributed by atoms with van der Waals surface area (Å²) in [5.41, 5.74) is -0.625. The van der Waals surface area contributed by atoms with Crippen LogP contribution in [-0.2, 0) is 0 Å². The topological polar surface area (TPSA) is 0 Å². The Morgan fingerprint density at radius 2 is 1.25 bits per heavy atom. The fraction of sp³-hybridized carbons (Fsp3) is 0.455. The highest BCUT2D eigenvalue weighted by Crippen LogP contribution is 2.30. The number of hydrogen-bond donors (Lipinski definition) is 0. The molecule has 1 aromatic carbocycles. The maximum absolute atomic E-state index is 13.1. The van der Waals surface area contributed by atoms with Crippen LogP contribution in [0.2, 0.25) is 0 Å². The molecular formula is C11H14F4S. The molecule has 0 saturated heterocycles. The standard InChI is InChI=1S/C9H8F4S.C2H6/c1-3-14-9-7(12)5(10)4(2)6(11)8(9)13;1-2/h3H2,1-2H3;1-2H3. The van der Waals surface area contributed by atoms with Gasteiger partial charge >= 0.3 is 0 Å². The minimum Gasteiger partial charge on any atom is -0.203 e. The molecule has 0 N–H and O–H groups in total. The molecule has 0 aliphatic heterocycles. The van der Waals surface area contributed by atoms with Crippen molar-refractivity contribution in [2.45, 2.75) is 32.6 Å². The number of thioether (sulfide) groups is 1. The summed E-state index contributed by atoms with van der Waals surface area (Å²) in [6.45, 7) is 6.64. The second-order valence-corrected chi connectivity index (χ2v) is 3.92. The summed E-state index contributed by atoms with van der Waals surface area (Å²) in [6.07, 6.45) is 0. The van der Waals surface area contributed by atoms with E-state index >= 15 is 0 Å². The van der Waals surface area contributed by atoms with Crippen LogP contribution in [0.5, 0.6) is 0 Å². The van der Waals surface area contributed by atoms with E-state index in [0.717, 1.165) is 18.7 Å². The van der Waals surface area contributed by atoms with Gasteiger partial charge in [-0.1, -0.05) is 20.8 Å². The van der Waals surface area contributed by atoms with Gasteiger partial charge in [0.15, 0.2) is 23.3 Å². The van der Waals surface area contributed by atoms with Crippen LogP contribution in [-0.4, -0.2) is 5.75 Å². The Morgan fingerprint density at radius 3 is 1.56 bits per heavy atom. The summed E-state index contributed by atoms with van der Waals surface area (Å²) in [5.74, 6) is -4.92. The van der Waals surface area contributed by atoms with Crippen molar-refractivity contribution in [2.24, 2.45) is 0 Å². The smallest absolute Gasteiger partial charge is 0.175 e. The first-order valence-corrected chi connectivity index (χ1v) is 5.94. The Kier molecular flexibility index (Phi) is 6.48. The molecule has 0 saturated carbocycles. The van der Waals surface area contributed by atoms with Crippen LogP contribution in [0.25, 0.3) is 0 Å². The molecule has 0 unspecified atom stereocenters. The maximum atomic E-state index is 13.1. The largest absolute Gasteiger partial charge is 0.203 e. The van der Waals surface area contributed by atoms with Crippen molar-refractivity contribution in [1.82, 2.24) is 0 Å². The van der Waals surface area contributed by atoms with E-state index in [1.807, 2.05) is 13.8 Å². The molecule has 0 aromatic heterocycles. The monoisotopic (exact) mass is 254 g/mol. The highest BCUT2D eigenvalue weighted by molar-refractivity contribution is 7.99. The lowest BCUT2D eigenvalue weighted by Gasteiger charge is -2.07. The van der Waals surface area contributed by atoms with Crippen molar-refractivity contribution in [1.29, 1.82) is 0 Å². The summed E-state index contributed by atoms with van der Waals surface area (Å²) in [7, 11) is 0. The molecule has 0 amide bonds. The van der Waals surface area contributed by atoms with Crippen molar-refractivity contribution in [2.75, 3.05) is 5.75 Å². The number of benzene rings is 1. The Balaban J connectivity index is 0.00000106. The first-order valence-electron chi connectivity index (χ1n) is 4.96. The molecule has 0 aliphatic rings. The average molecular weight is 254 g/mol. The van der Waals surface area contributed by atoms with E-state index in [4.69, 9.17) is 0 Å². The van der Waals surface area contributed by atoms with Gasteiger partial charge in [-0.25, -0.2) is 17.6 Å². The molecule has 0 fully saturated rings. The molecule has 0 aliphatic carbocycles. The second-order valence-electron chi connectivity index (χ2n) is 2.64. The van der Waals surface area contributed by atoms with Gasteiger partial charge in [-0.2, -0.15) is 0 Å². The van der Waals surface area contributed by atoms with E-state index in [0.29, 0.717) is 5.75 Å². The van der Waals surface area contributed by atoms with Crippen molar-refractivity contribution in [3.05, 3.63) is 28.8 Å². The van der Waals surface area contributed by atoms with Gasteiger partial charge in [0, 0.05) is 5.56 Å². The summed E-state index contributed by atoms with van der Waals surface area (Å²) in [5, 5.41) is 0. The Bertz CT molecular complexity index is 334. The Morgan fingerprint density at radius 1 is 0.875 bits per heavy atom. The van der Waals surface area contributed by atoms with Crippen LogP contribution in [0.15, 0.2) is 4.90 Å².